The Kier molecular flexibility index (Phi) is 5.81. The quantitative estimate of drug-likeness (QED) is 0.769. The standard InChI is InChI=1S/C16H16N4OS/c1-13-19-15(12-22-13)5-6-16(21)20(9-3-7-17)11-14-4-2-8-18-10-14/h2,4-6,8,10,12H,3,9,11H2,1H3. The van der Waals surface area contributed by atoms with Gasteiger partial charge in [-0.2, -0.15) is 5.26 Å². The lowest BCUT2D eigenvalue weighted by Gasteiger charge is -2.19. The van der Waals surface area contributed by atoms with Crippen LogP contribution in [0.2, 0.25) is 0 Å². The third kappa shape index (κ3) is 4.79. The third-order valence-corrected chi connectivity index (χ3v) is 3.73. The van der Waals surface area contributed by atoms with Gasteiger partial charge in [-0.1, -0.05) is 6.07 Å². The summed E-state index contributed by atoms with van der Waals surface area (Å²) in [5.74, 6) is -0.134. The van der Waals surface area contributed by atoms with Gasteiger partial charge in [-0.25, -0.2) is 4.98 Å². The average Bonchev–Trinajstić information content (AvgIpc) is 2.95. The molecule has 2 aromatic heterocycles. The van der Waals surface area contributed by atoms with Crippen LogP contribution in [0.1, 0.15) is 22.7 Å². The molecule has 6 heteroatoms. The second-order valence-corrected chi connectivity index (χ2v) is 5.72. The van der Waals surface area contributed by atoms with E-state index in [1.54, 1.807) is 34.7 Å². The topological polar surface area (TPSA) is 69.9 Å². The monoisotopic (exact) mass is 312 g/mol. The highest BCUT2D eigenvalue weighted by Gasteiger charge is 2.11. The summed E-state index contributed by atoms with van der Waals surface area (Å²) in [5, 5.41) is 11.6. The van der Waals surface area contributed by atoms with Crippen LogP contribution in [0.4, 0.5) is 0 Å². The lowest BCUT2D eigenvalue weighted by Crippen LogP contribution is -2.29. The van der Waals surface area contributed by atoms with Crippen LogP contribution in [0.5, 0.6) is 0 Å². The Bertz CT molecular complexity index is 688. The van der Waals surface area contributed by atoms with Crippen LogP contribution in [0.3, 0.4) is 0 Å². The molecule has 0 aliphatic carbocycles. The highest BCUT2D eigenvalue weighted by molar-refractivity contribution is 7.09. The first kappa shape index (κ1) is 15.9. The Balaban J connectivity index is 2.05. The fourth-order valence-electron chi connectivity index (χ4n) is 1.88. The van der Waals surface area contributed by atoms with E-state index in [9.17, 15) is 4.79 Å². The zero-order valence-corrected chi connectivity index (χ0v) is 13.1. The Hall–Kier alpha value is -2.52. The molecular weight excluding hydrogens is 296 g/mol. The Morgan fingerprint density at radius 2 is 2.41 bits per heavy atom. The fraction of sp³-hybridized carbons (Fsp3) is 0.250. The molecule has 0 aliphatic heterocycles. The van der Waals surface area contributed by atoms with E-state index < -0.39 is 0 Å². The number of nitriles is 1. The number of pyridine rings is 1. The van der Waals surface area contributed by atoms with E-state index in [4.69, 9.17) is 5.26 Å². The predicted octanol–water partition coefficient (Wildman–Crippen LogP) is 2.80. The van der Waals surface area contributed by atoms with Gasteiger partial charge in [0.25, 0.3) is 0 Å². The summed E-state index contributed by atoms with van der Waals surface area (Å²) in [7, 11) is 0. The predicted molar refractivity (Wildman–Crippen MR) is 85.8 cm³/mol. The maximum atomic E-state index is 12.3. The number of amides is 1. The Morgan fingerprint density at radius 1 is 1.55 bits per heavy atom. The number of thiazole rings is 1. The number of rotatable bonds is 6. The summed E-state index contributed by atoms with van der Waals surface area (Å²) in [6, 6.07) is 5.81. The van der Waals surface area contributed by atoms with E-state index in [1.807, 2.05) is 24.4 Å². The van der Waals surface area contributed by atoms with E-state index in [0.717, 1.165) is 16.3 Å². The van der Waals surface area contributed by atoms with Crippen LogP contribution in [-0.4, -0.2) is 27.3 Å². The van der Waals surface area contributed by atoms with Crippen molar-refractivity contribution >= 4 is 23.3 Å². The maximum Gasteiger partial charge on any atom is 0.246 e. The zero-order valence-electron chi connectivity index (χ0n) is 12.3. The highest BCUT2D eigenvalue weighted by atomic mass is 32.1. The van der Waals surface area contributed by atoms with Gasteiger partial charge in [0.15, 0.2) is 0 Å². The van der Waals surface area contributed by atoms with Crippen molar-refractivity contribution in [2.45, 2.75) is 19.9 Å². The SMILES string of the molecule is Cc1nc(C=CC(=O)N(CCC#N)Cc2cccnc2)cs1. The number of carbonyl (C=O) groups is 1. The van der Waals surface area contributed by atoms with Crippen molar-refractivity contribution in [3.63, 3.8) is 0 Å². The van der Waals surface area contributed by atoms with E-state index in [1.165, 1.54) is 6.08 Å². The van der Waals surface area contributed by atoms with Crippen molar-refractivity contribution in [2.24, 2.45) is 0 Å². The molecule has 0 spiro atoms. The first-order valence-corrected chi connectivity index (χ1v) is 7.72. The van der Waals surface area contributed by atoms with Crippen LogP contribution in [-0.2, 0) is 11.3 Å². The van der Waals surface area contributed by atoms with Crippen molar-refractivity contribution in [2.75, 3.05) is 6.54 Å². The number of aromatic nitrogens is 2. The van der Waals surface area contributed by atoms with E-state index >= 15 is 0 Å². The van der Waals surface area contributed by atoms with Gasteiger partial charge < -0.3 is 4.90 Å². The number of nitrogens with zero attached hydrogens (tertiary/aromatic N) is 4. The molecule has 0 fully saturated rings. The van der Waals surface area contributed by atoms with Gasteiger partial charge >= 0.3 is 0 Å². The largest absolute Gasteiger partial charge is 0.334 e. The van der Waals surface area contributed by atoms with Crippen LogP contribution in [0.15, 0.2) is 36.0 Å². The number of hydrogen-bond donors (Lipinski definition) is 0. The third-order valence-electron chi connectivity index (χ3n) is 2.93. The zero-order chi connectivity index (χ0) is 15.8. The molecule has 0 atom stereocenters. The summed E-state index contributed by atoms with van der Waals surface area (Å²) in [6.07, 6.45) is 6.92. The van der Waals surface area contributed by atoms with E-state index in [2.05, 4.69) is 16.0 Å². The summed E-state index contributed by atoms with van der Waals surface area (Å²) >= 11 is 1.54. The lowest BCUT2D eigenvalue weighted by atomic mass is 10.2. The minimum Gasteiger partial charge on any atom is -0.334 e. The number of carbonyl (C=O) groups excluding carboxylic acids is 1. The second-order valence-electron chi connectivity index (χ2n) is 4.65. The number of aryl methyl sites for hydroxylation is 1. The molecule has 0 aliphatic rings. The van der Waals surface area contributed by atoms with Crippen LogP contribution >= 0.6 is 11.3 Å². The maximum absolute atomic E-state index is 12.3. The minimum absolute atomic E-state index is 0.134. The molecule has 2 aromatic rings. The average molecular weight is 312 g/mol. The van der Waals surface area contributed by atoms with Gasteiger partial charge in [0, 0.05) is 36.9 Å². The van der Waals surface area contributed by atoms with Crippen molar-refractivity contribution in [3.8, 4) is 6.07 Å². The fourth-order valence-corrected chi connectivity index (χ4v) is 2.46. The minimum atomic E-state index is -0.134. The normalized spacial score (nSPS) is 10.5. The van der Waals surface area contributed by atoms with E-state index in [-0.39, 0.29) is 5.91 Å². The lowest BCUT2D eigenvalue weighted by molar-refractivity contribution is -0.126. The summed E-state index contributed by atoms with van der Waals surface area (Å²) < 4.78 is 0. The summed E-state index contributed by atoms with van der Waals surface area (Å²) in [5.41, 5.74) is 1.71. The molecule has 0 bridgehead atoms. The Morgan fingerprint density at radius 3 is 3.05 bits per heavy atom. The van der Waals surface area contributed by atoms with Gasteiger partial charge in [0.2, 0.25) is 5.91 Å². The second kappa shape index (κ2) is 8.05. The highest BCUT2D eigenvalue weighted by Crippen LogP contribution is 2.10. The first-order chi connectivity index (χ1) is 10.7. The molecule has 0 radical (unpaired) electrons. The molecule has 0 unspecified atom stereocenters. The molecule has 5 nitrogen and oxygen atoms in total. The van der Waals surface area contributed by atoms with Gasteiger partial charge in [-0.15, -0.1) is 11.3 Å². The molecular formula is C16H16N4OS. The van der Waals surface area contributed by atoms with Gasteiger partial charge in [-0.05, 0) is 24.6 Å². The van der Waals surface area contributed by atoms with Crippen LogP contribution < -0.4 is 0 Å². The van der Waals surface area contributed by atoms with Crippen molar-refractivity contribution in [1.82, 2.24) is 14.9 Å². The molecule has 0 saturated heterocycles. The van der Waals surface area contributed by atoms with Crippen LogP contribution in [0, 0.1) is 18.3 Å². The van der Waals surface area contributed by atoms with Gasteiger partial charge in [0.05, 0.1) is 23.2 Å². The molecule has 1 amide bonds. The molecule has 112 valence electrons. The molecule has 2 heterocycles. The van der Waals surface area contributed by atoms with Crippen molar-refractivity contribution in [3.05, 3.63) is 52.2 Å². The molecule has 0 aromatic carbocycles. The Labute approximate surface area is 133 Å². The molecule has 0 saturated carbocycles. The van der Waals surface area contributed by atoms with E-state index in [0.29, 0.717) is 19.5 Å². The van der Waals surface area contributed by atoms with Crippen molar-refractivity contribution in [1.29, 1.82) is 5.26 Å². The smallest absolute Gasteiger partial charge is 0.246 e. The van der Waals surface area contributed by atoms with Crippen molar-refractivity contribution < 1.29 is 4.79 Å². The molecule has 22 heavy (non-hydrogen) atoms. The van der Waals surface area contributed by atoms with Gasteiger partial charge in [-0.3, -0.25) is 9.78 Å². The molecule has 2 rings (SSSR count). The summed E-state index contributed by atoms with van der Waals surface area (Å²) in [4.78, 5) is 22.3. The van der Waals surface area contributed by atoms with Crippen LogP contribution in [0.25, 0.3) is 6.08 Å². The molecule has 0 N–H and O–H groups in total. The first-order valence-electron chi connectivity index (χ1n) is 6.84. The summed E-state index contributed by atoms with van der Waals surface area (Å²) in [6.45, 7) is 2.75. The number of hydrogen-bond acceptors (Lipinski definition) is 5. The van der Waals surface area contributed by atoms with Gasteiger partial charge in [0.1, 0.15) is 0 Å².